The maximum atomic E-state index is 11.8. The molecule has 1 aliphatic rings. The Bertz CT molecular complexity index is 1020. The fourth-order valence-corrected chi connectivity index (χ4v) is 3.56. The van der Waals surface area contributed by atoms with E-state index < -0.39 is 5.91 Å². The molecule has 1 fully saturated rings. The summed E-state index contributed by atoms with van der Waals surface area (Å²) in [5.41, 5.74) is 14.2. The second kappa shape index (κ2) is 7.39. The number of fused-ring (bicyclic) bond motifs is 1. The maximum absolute atomic E-state index is 11.8. The molecule has 2 aromatic heterocycles. The van der Waals surface area contributed by atoms with Crippen LogP contribution in [0.25, 0.3) is 10.9 Å². The molecule has 146 valence electrons. The van der Waals surface area contributed by atoms with Gasteiger partial charge in [0.1, 0.15) is 0 Å². The third-order valence-electron chi connectivity index (χ3n) is 5.18. The van der Waals surface area contributed by atoms with Crippen LogP contribution in [0.4, 0.5) is 17.5 Å². The van der Waals surface area contributed by atoms with E-state index in [0.29, 0.717) is 5.95 Å². The van der Waals surface area contributed by atoms with Gasteiger partial charge in [0.25, 0.3) is 5.91 Å². The van der Waals surface area contributed by atoms with Crippen LogP contribution >= 0.6 is 0 Å². The first-order valence-electron chi connectivity index (χ1n) is 9.29. The molecule has 4 rings (SSSR count). The quantitative estimate of drug-likeness (QED) is 0.445. The van der Waals surface area contributed by atoms with E-state index >= 15 is 0 Å². The summed E-state index contributed by atoms with van der Waals surface area (Å²) in [5.74, 6) is -0.143. The van der Waals surface area contributed by atoms with Crippen molar-refractivity contribution in [2.45, 2.75) is 44.7 Å². The number of hydrogen-bond donors (Lipinski definition) is 5. The lowest BCUT2D eigenvalue weighted by atomic mass is 9.91. The molecule has 2 heterocycles. The number of anilines is 3. The molecule has 28 heavy (non-hydrogen) atoms. The third kappa shape index (κ3) is 3.46. The minimum atomic E-state index is -0.705. The molecule has 1 aliphatic carbocycles. The average Bonchev–Trinajstić information content (AvgIpc) is 3.15. The van der Waals surface area contributed by atoms with Gasteiger partial charge >= 0.3 is 0 Å². The zero-order valence-electron chi connectivity index (χ0n) is 15.6. The molecule has 0 unspecified atom stereocenters. The first-order valence-corrected chi connectivity index (χ1v) is 9.29. The highest BCUT2D eigenvalue weighted by atomic mass is 16.1. The molecule has 7 N–H and O–H groups in total. The van der Waals surface area contributed by atoms with Crippen molar-refractivity contribution in [1.82, 2.24) is 25.4 Å². The summed E-state index contributed by atoms with van der Waals surface area (Å²) in [7, 11) is 0. The Morgan fingerprint density at radius 2 is 2.07 bits per heavy atom. The molecule has 0 radical (unpaired) electrons. The van der Waals surface area contributed by atoms with Crippen molar-refractivity contribution in [1.29, 1.82) is 0 Å². The summed E-state index contributed by atoms with van der Waals surface area (Å²) in [6, 6.07) is 3.93. The number of hydrogen-bond acceptors (Lipinski definition) is 8. The van der Waals surface area contributed by atoms with Crippen LogP contribution in [0.3, 0.4) is 0 Å². The number of carbonyl (C=O) groups excluding carboxylic acids is 1. The lowest BCUT2D eigenvalue weighted by Gasteiger charge is -2.29. The van der Waals surface area contributed by atoms with Crippen LogP contribution in [-0.2, 0) is 0 Å². The molecule has 3 aromatic rings. The van der Waals surface area contributed by atoms with Crippen molar-refractivity contribution in [2.24, 2.45) is 11.5 Å². The van der Waals surface area contributed by atoms with Crippen LogP contribution in [0.1, 0.15) is 41.7 Å². The van der Waals surface area contributed by atoms with Gasteiger partial charge in [0, 0.05) is 23.2 Å². The van der Waals surface area contributed by atoms with Crippen LogP contribution in [0.5, 0.6) is 0 Å². The second-order valence-electron chi connectivity index (χ2n) is 7.09. The van der Waals surface area contributed by atoms with E-state index in [4.69, 9.17) is 11.5 Å². The minimum Gasteiger partial charge on any atom is -0.364 e. The Morgan fingerprint density at radius 1 is 1.25 bits per heavy atom. The number of nitrogens with two attached hydrogens (primary N) is 2. The van der Waals surface area contributed by atoms with Crippen molar-refractivity contribution in [3.8, 4) is 0 Å². The summed E-state index contributed by atoms with van der Waals surface area (Å²) in [5, 5.41) is 22.4. The fourth-order valence-electron chi connectivity index (χ4n) is 3.56. The summed E-state index contributed by atoms with van der Waals surface area (Å²) in [4.78, 5) is 16.3. The summed E-state index contributed by atoms with van der Waals surface area (Å²) < 4.78 is 0. The zero-order valence-corrected chi connectivity index (χ0v) is 15.6. The van der Waals surface area contributed by atoms with Gasteiger partial charge in [0.15, 0.2) is 11.5 Å². The van der Waals surface area contributed by atoms with Crippen LogP contribution in [0.15, 0.2) is 18.3 Å². The average molecular weight is 381 g/mol. The van der Waals surface area contributed by atoms with Gasteiger partial charge in [-0.1, -0.05) is 12.8 Å². The van der Waals surface area contributed by atoms with Crippen LogP contribution in [0, 0.1) is 6.92 Å². The molecule has 2 atom stereocenters. The number of primary amides is 1. The summed E-state index contributed by atoms with van der Waals surface area (Å²) >= 11 is 0. The van der Waals surface area contributed by atoms with Gasteiger partial charge in [-0.25, -0.2) is 0 Å². The molecule has 0 spiro atoms. The number of benzene rings is 1. The Labute approximate surface area is 161 Å². The SMILES string of the molecule is Cc1c(Nc2nc(N[C@@H]3CCCC[C@@H]3N)nnc2C(N)=O)ccc2cn[nH]c12. The minimum absolute atomic E-state index is 0.0254. The van der Waals surface area contributed by atoms with Crippen LogP contribution in [0.2, 0.25) is 0 Å². The first kappa shape index (κ1) is 18.1. The Balaban J connectivity index is 1.65. The Morgan fingerprint density at radius 3 is 2.86 bits per heavy atom. The number of H-pyrrole nitrogens is 1. The number of nitrogens with one attached hydrogen (secondary N) is 3. The third-order valence-corrected chi connectivity index (χ3v) is 5.18. The van der Waals surface area contributed by atoms with E-state index in [1.54, 1.807) is 6.20 Å². The van der Waals surface area contributed by atoms with Gasteiger partial charge in [0.2, 0.25) is 5.95 Å². The standard InChI is InChI=1S/C18H23N9O/c1-9-12(7-6-10-8-21-25-14(9)10)22-17-15(16(20)28)26-27-18(24-17)23-13-5-3-2-4-11(13)19/h6-8,11,13H,2-5,19H2,1H3,(H2,20,28)(H,21,25)(H2,22,23,24,27)/t11-,13+/m0/s1. The van der Waals surface area contributed by atoms with Gasteiger partial charge in [-0.15, -0.1) is 10.2 Å². The van der Waals surface area contributed by atoms with Gasteiger partial charge in [-0.05, 0) is 37.5 Å². The molecule has 0 saturated heterocycles. The van der Waals surface area contributed by atoms with Crippen molar-refractivity contribution in [3.63, 3.8) is 0 Å². The molecule has 1 amide bonds. The van der Waals surface area contributed by atoms with Crippen molar-refractivity contribution < 1.29 is 4.79 Å². The summed E-state index contributed by atoms with van der Waals surface area (Å²) in [6.07, 6.45) is 5.88. The smallest absolute Gasteiger partial charge is 0.273 e. The highest BCUT2D eigenvalue weighted by Gasteiger charge is 2.23. The predicted octanol–water partition coefficient (Wildman–Crippen LogP) is 1.58. The van der Waals surface area contributed by atoms with Gasteiger partial charge in [-0.3, -0.25) is 9.89 Å². The number of nitrogens with zero attached hydrogens (tertiary/aromatic N) is 4. The molecular weight excluding hydrogens is 358 g/mol. The van der Waals surface area contributed by atoms with Crippen LogP contribution in [-0.4, -0.2) is 43.4 Å². The number of rotatable bonds is 5. The highest BCUT2D eigenvalue weighted by molar-refractivity contribution is 5.97. The molecule has 1 saturated carbocycles. The number of aromatic amines is 1. The van der Waals surface area contributed by atoms with Crippen molar-refractivity contribution >= 4 is 34.3 Å². The number of amides is 1. The van der Waals surface area contributed by atoms with Gasteiger partial charge in [0.05, 0.1) is 11.7 Å². The molecular formula is C18H23N9O. The normalized spacial score (nSPS) is 19.5. The van der Waals surface area contributed by atoms with Crippen molar-refractivity contribution in [2.75, 3.05) is 10.6 Å². The van der Waals surface area contributed by atoms with Crippen molar-refractivity contribution in [3.05, 3.63) is 29.6 Å². The summed E-state index contributed by atoms with van der Waals surface area (Å²) in [6.45, 7) is 1.95. The first-order chi connectivity index (χ1) is 13.5. The number of aromatic nitrogens is 5. The van der Waals surface area contributed by atoms with E-state index in [-0.39, 0.29) is 23.6 Å². The van der Waals surface area contributed by atoms with Crippen LogP contribution < -0.4 is 22.1 Å². The van der Waals surface area contributed by atoms with E-state index in [0.717, 1.165) is 47.8 Å². The topological polar surface area (TPSA) is 161 Å². The van der Waals surface area contributed by atoms with E-state index in [1.807, 2.05) is 19.1 Å². The zero-order chi connectivity index (χ0) is 19.7. The fraction of sp³-hybridized carbons (Fsp3) is 0.389. The lowest BCUT2D eigenvalue weighted by Crippen LogP contribution is -2.43. The molecule has 10 heteroatoms. The lowest BCUT2D eigenvalue weighted by molar-refractivity contribution is 0.0995. The molecule has 0 bridgehead atoms. The van der Waals surface area contributed by atoms with E-state index in [1.165, 1.54) is 0 Å². The predicted molar refractivity (Wildman–Crippen MR) is 106 cm³/mol. The van der Waals surface area contributed by atoms with Gasteiger partial charge < -0.3 is 22.1 Å². The molecule has 10 nitrogen and oxygen atoms in total. The van der Waals surface area contributed by atoms with E-state index in [2.05, 4.69) is 36.0 Å². The Kier molecular flexibility index (Phi) is 4.78. The maximum Gasteiger partial charge on any atom is 0.273 e. The number of aryl methyl sites for hydroxylation is 1. The second-order valence-corrected chi connectivity index (χ2v) is 7.09. The largest absolute Gasteiger partial charge is 0.364 e. The molecule has 0 aliphatic heterocycles. The van der Waals surface area contributed by atoms with Gasteiger partial charge in [-0.2, -0.15) is 10.1 Å². The molecule has 1 aromatic carbocycles. The highest BCUT2D eigenvalue weighted by Crippen LogP contribution is 2.27. The monoisotopic (exact) mass is 381 g/mol. The Hall–Kier alpha value is -3.27. The van der Waals surface area contributed by atoms with E-state index in [9.17, 15) is 4.79 Å². The number of carbonyl (C=O) groups is 1.